The van der Waals surface area contributed by atoms with Crippen molar-refractivity contribution in [3.63, 3.8) is 0 Å². The summed E-state index contributed by atoms with van der Waals surface area (Å²) in [5.74, 6) is -0.468. The highest BCUT2D eigenvalue weighted by molar-refractivity contribution is 5.87. The molecule has 1 fully saturated rings. The maximum absolute atomic E-state index is 10.5. The van der Waals surface area contributed by atoms with Gasteiger partial charge in [-0.2, -0.15) is 5.10 Å². The van der Waals surface area contributed by atoms with Gasteiger partial charge in [0.1, 0.15) is 5.69 Å². The molecule has 11 heavy (non-hydrogen) atoms. The Morgan fingerprint density at radius 3 is 3.00 bits per heavy atom. The number of aromatic amines is 1. The minimum absolute atomic E-state index is 0.257. The van der Waals surface area contributed by atoms with Crippen LogP contribution in [0.3, 0.4) is 0 Å². The topological polar surface area (TPSA) is 66.0 Å². The number of aromatic nitrogens is 2. The van der Waals surface area contributed by atoms with Crippen molar-refractivity contribution in [2.75, 3.05) is 0 Å². The lowest BCUT2D eigenvalue weighted by Crippen LogP contribution is -2.00. The first-order chi connectivity index (χ1) is 5.29. The Labute approximate surface area is 63.2 Å². The molecule has 0 aliphatic heterocycles. The van der Waals surface area contributed by atoms with Gasteiger partial charge in [-0.05, 0) is 18.8 Å². The van der Waals surface area contributed by atoms with Crippen LogP contribution in [0, 0.1) is 0 Å². The van der Waals surface area contributed by atoms with E-state index >= 15 is 0 Å². The fourth-order valence-corrected chi connectivity index (χ4v) is 1.17. The molecule has 0 atom stereocenters. The number of carbonyl (C=O) groups is 1. The Balaban J connectivity index is 2.37. The first-order valence-corrected chi connectivity index (χ1v) is 3.55. The number of hydrogen-bond donors (Lipinski definition) is 2. The third-order valence-electron chi connectivity index (χ3n) is 1.90. The second-order valence-electron chi connectivity index (χ2n) is 2.78. The number of carboxylic acids is 1. The Morgan fingerprint density at radius 1 is 1.73 bits per heavy atom. The van der Waals surface area contributed by atoms with Crippen LogP contribution in [-0.4, -0.2) is 21.3 Å². The number of carboxylic acid groups (broad SMARTS) is 1. The lowest BCUT2D eigenvalue weighted by molar-refractivity contribution is 0.0689. The van der Waals surface area contributed by atoms with Gasteiger partial charge < -0.3 is 5.11 Å². The molecule has 2 N–H and O–H groups in total. The highest BCUT2D eigenvalue weighted by Crippen LogP contribution is 2.40. The Bertz CT molecular complexity index is 288. The predicted molar refractivity (Wildman–Crippen MR) is 37.5 cm³/mol. The second-order valence-corrected chi connectivity index (χ2v) is 2.78. The normalized spacial score (nSPS) is 16.7. The molecule has 1 aliphatic carbocycles. The molecule has 1 saturated carbocycles. The van der Waals surface area contributed by atoms with E-state index in [9.17, 15) is 4.79 Å². The van der Waals surface area contributed by atoms with Crippen LogP contribution in [0.1, 0.15) is 34.8 Å². The molecular formula is C7H8N2O2. The fourth-order valence-electron chi connectivity index (χ4n) is 1.17. The number of aromatic carboxylic acids is 1. The summed E-state index contributed by atoms with van der Waals surface area (Å²) < 4.78 is 0. The Hall–Kier alpha value is -1.32. The number of H-pyrrole nitrogens is 1. The van der Waals surface area contributed by atoms with Gasteiger partial charge in [0.2, 0.25) is 0 Å². The summed E-state index contributed by atoms with van der Waals surface area (Å²) in [4.78, 5) is 10.5. The summed E-state index contributed by atoms with van der Waals surface area (Å²) in [5.41, 5.74) is 1.12. The van der Waals surface area contributed by atoms with E-state index in [1.807, 2.05) is 0 Å². The maximum atomic E-state index is 10.5. The van der Waals surface area contributed by atoms with Gasteiger partial charge in [0, 0.05) is 5.56 Å². The third-order valence-corrected chi connectivity index (χ3v) is 1.90. The highest BCUT2D eigenvalue weighted by atomic mass is 16.4. The van der Waals surface area contributed by atoms with Gasteiger partial charge >= 0.3 is 5.97 Å². The summed E-state index contributed by atoms with van der Waals surface area (Å²) in [6.07, 6.45) is 3.81. The van der Waals surface area contributed by atoms with Crippen molar-refractivity contribution in [2.24, 2.45) is 0 Å². The number of nitrogens with zero attached hydrogens (tertiary/aromatic N) is 1. The van der Waals surface area contributed by atoms with Crippen LogP contribution in [0.15, 0.2) is 6.20 Å². The highest BCUT2D eigenvalue weighted by Gasteiger charge is 2.29. The predicted octanol–water partition coefficient (Wildman–Crippen LogP) is 0.985. The molecule has 4 heteroatoms. The summed E-state index contributed by atoms with van der Waals surface area (Å²) in [6, 6.07) is 0. The fraction of sp³-hybridized carbons (Fsp3) is 0.429. The zero-order valence-corrected chi connectivity index (χ0v) is 5.87. The first-order valence-electron chi connectivity index (χ1n) is 3.55. The standard InChI is InChI=1S/C7H8N2O2/c10-7(11)6-5(3-8-9-6)4-1-2-4/h3-4H,1-2H2,(H,8,9)(H,10,11). The average molecular weight is 152 g/mol. The van der Waals surface area contributed by atoms with Crippen LogP contribution in [0.2, 0.25) is 0 Å². The van der Waals surface area contributed by atoms with Gasteiger partial charge in [0.25, 0.3) is 0 Å². The molecule has 0 amide bonds. The smallest absolute Gasteiger partial charge is 0.354 e. The van der Waals surface area contributed by atoms with Gasteiger partial charge in [0.15, 0.2) is 0 Å². The Morgan fingerprint density at radius 2 is 2.45 bits per heavy atom. The van der Waals surface area contributed by atoms with E-state index < -0.39 is 5.97 Å². The molecule has 0 radical (unpaired) electrons. The summed E-state index contributed by atoms with van der Waals surface area (Å²) in [6.45, 7) is 0. The van der Waals surface area contributed by atoms with E-state index in [1.54, 1.807) is 6.20 Å². The van der Waals surface area contributed by atoms with Crippen LogP contribution in [-0.2, 0) is 0 Å². The molecule has 2 rings (SSSR count). The van der Waals surface area contributed by atoms with Gasteiger partial charge in [0.05, 0.1) is 6.20 Å². The quantitative estimate of drug-likeness (QED) is 0.664. The number of nitrogens with one attached hydrogen (secondary N) is 1. The third kappa shape index (κ3) is 1.00. The molecule has 0 unspecified atom stereocenters. The van der Waals surface area contributed by atoms with E-state index in [2.05, 4.69) is 10.2 Å². The Kier molecular flexibility index (Phi) is 1.21. The van der Waals surface area contributed by atoms with Crippen molar-refractivity contribution in [3.8, 4) is 0 Å². The summed E-state index contributed by atoms with van der Waals surface area (Å²) >= 11 is 0. The van der Waals surface area contributed by atoms with E-state index in [-0.39, 0.29) is 5.69 Å². The minimum Gasteiger partial charge on any atom is -0.477 e. The molecule has 1 heterocycles. The van der Waals surface area contributed by atoms with E-state index in [0.717, 1.165) is 18.4 Å². The van der Waals surface area contributed by atoms with Crippen molar-refractivity contribution < 1.29 is 9.90 Å². The molecule has 0 saturated heterocycles. The zero-order chi connectivity index (χ0) is 7.84. The largest absolute Gasteiger partial charge is 0.477 e. The second kappa shape index (κ2) is 2.08. The van der Waals surface area contributed by atoms with E-state index in [4.69, 9.17) is 5.11 Å². The van der Waals surface area contributed by atoms with Gasteiger partial charge in [-0.3, -0.25) is 5.10 Å². The lowest BCUT2D eigenvalue weighted by atomic mass is 10.2. The van der Waals surface area contributed by atoms with Crippen molar-refractivity contribution >= 4 is 5.97 Å². The molecule has 4 nitrogen and oxygen atoms in total. The van der Waals surface area contributed by atoms with Crippen LogP contribution >= 0.6 is 0 Å². The van der Waals surface area contributed by atoms with Crippen molar-refractivity contribution in [2.45, 2.75) is 18.8 Å². The maximum Gasteiger partial charge on any atom is 0.354 e. The molecule has 58 valence electrons. The summed E-state index contributed by atoms with van der Waals surface area (Å²) in [5, 5.41) is 14.8. The molecule has 0 bridgehead atoms. The zero-order valence-electron chi connectivity index (χ0n) is 5.87. The molecular weight excluding hydrogens is 144 g/mol. The molecule has 1 aromatic heterocycles. The van der Waals surface area contributed by atoms with Crippen LogP contribution in [0.25, 0.3) is 0 Å². The number of hydrogen-bond acceptors (Lipinski definition) is 2. The van der Waals surface area contributed by atoms with E-state index in [1.165, 1.54) is 0 Å². The van der Waals surface area contributed by atoms with E-state index in [0.29, 0.717) is 5.92 Å². The van der Waals surface area contributed by atoms with Crippen molar-refractivity contribution in [1.29, 1.82) is 0 Å². The average Bonchev–Trinajstić information content (AvgIpc) is 2.68. The SMILES string of the molecule is O=C(O)c1[nH]ncc1C1CC1. The monoisotopic (exact) mass is 152 g/mol. The van der Waals surface area contributed by atoms with Crippen LogP contribution in [0.4, 0.5) is 0 Å². The lowest BCUT2D eigenvalue weighted by Gasteiger charge is -1.92. The molecule has 0 spiro atoms. The molecule has 1 aromatic rings. The van der Waals surface area contributed by atoms with Crippen LogP contribution < -0.4 is 0 Å². The summed E-state index contributed by atoms with van der Waals surface area (Å²) in [7, 11) is 0. The van der Waals surface area contributed by atoms with Crippen molar-refractivity contribution in [3.05, 3.63) is 17.5 Å². The van der Waals surface area contributed by atoms with Crippen LogP contribution in [0.5, 0.6) is 0 Å². The minimum atomic E-state index is -0.913. The molecule has 0 aromatic carbocycles. The first kappa shape index (κ1) is 6.39. The van der Waals surface area contributed by atoms with Gasteiger partial charge in [-0.25, -0.2) is 4.79 Å². The van der Waals surface area contributed by atoms with Gasteiger partial charge in [-0.15, -0.1) is 0 Å². The van der Waals surface area contributed by atoms with Gasteiger partial charge in [-0.1, -0.05) is 0 Å². The molecule has 1 aliphatic rings. The van der Waals surface area contributed by atoms with Crippen molar-refractivity contribution in [1.82, 2.24) is 10.2 Å². The number of rotatable bonds is 2.